The van der Waals surface area contributed by atoms with E-state index in [1.807, 2.05) is 0 Å². The van der Waals surface area contributed by atoms with Crippen LogP contribution in [0.3, 0.4) is 0 Å². The first-order valence-corrected chi connectivity index (χ1v) is 7.79. The fraction of sp³-hybridized carbons (Fsp3) is 0.250. The van der Waals surface area contributed by atoms with Crippen LogP contribution in [0, 0.1) is 6.92 Å². The van der Waals surface area contributed by atoms with Crippen molar-refractivity contribution in [2.24, 2.45) is 0 Å². The van der Waals surface area contributed by atoms with E-state index in [-0.39, 0.29) is 6.54 Å². The zero-order valence-corrected chi connectivity index (χ0v) is 13.5. The highest BCUT2D eigenvalue weighted by Crippen LogP contribution is 2.29. The summed E-state index contributed by atoms with van der Waals surface area (Å²) in [7, 11) is 0. The summed E-state index contributed by atoms with van der Waals surface area (Å²) in [6.07, 6.45) is -4.39. The van der Waals surface area contributed by atoms with Gasteiger partial charge < -0.3 is 10.1 Å². The number of hydrogen-bond donors (Lipinski definition) is 1. The van der Waals surface area contributed by atoms with Crippen molar-refractivity contribution in [3.8, 4) is 0 Å². The lowest BCUT2D eigenvalue weighted by atomic mass is 10.1. The van der Waals surface area contributed by atoms with Crippen LogP contribution < -0.4 is 5.32 Å². The van der Waals surface area contributed by atoms with Gasteiger partial charge in [-0.2, -0.15) is 13.2 Å². The van der Waals surface area contributed by atoms with Crippen molar-refractivity contribution < 1.29 is 27.5 Å². The van der Waals surface area contributed by atoms with Crippen LogP contribution in [0.1, 0.15) is 26.4 Å². The van der Waals surface area contributed by atoms with Crippen LogP contribution in [0.15, 0.2) is 35.7 Å². The molecule has 0 aliphatic heterocycles. The van der Waals surface area contributed by atoms with Gasteiger partial charge in [0.2, 0.25) is 0 Å². The van der Waals surface area contributed by atoms with E-state index in [4.69, 9.17) is 4.74 Å². The van der Waals surface area contributed by atoms with E-state index < -0.39 is 30.2 Å². The first-order chi connectivity index (χ1) is 11.3. The standard InChI is InChI=1S/C16H14F3NO3S/c1-10-6-7-24-14(10)15(22)23-9-13(21)20-8-11-2-4-12(5-3-11)16(17,18)19/h2-7H,8-9H2,1H3,(H,20,21). The van der Waals surface area contributed by atoms with E-state index in [0.29, 0.717) is 10.4 Å². The molecule has 0 radical (unpaired) electrons. The highest BCUT2D eigenvalue weighted by molar-refractivity contribution is 7.12. The normalized spacial score (nSPS) is 11.2. The Kier molecular flexibility index (Phi) is 5.61. The Balaban J connectivity index is 1.79. The minimum absolute atomic E-state index is 0.0482. The molecule has 128 valence electrons. The highest BCUT2D eigenvalue weighted by Gasteiger charge is 2.29. The molecule has 1 amide bonds. The molecule has 0 aliphatic rings. The average molecular weight is 357 g/mol. The Morgan fingerprint density at radius 1 is 1.17 bits per heavy atom. The Bertz CT molecular complexity index is 723. The maximum atomic E-state index is 12.4. The topological polar surface area (TPSA) is 55.4 Å². The molecule has 0 unspecified atom stereocenters. The number of ether oxygens (including phenoxy) is 1. The molecule has 0 saturated carbocycles. The van der Waals surface area contributed by atoms with Crippen molar-refractivity contribution in [2.75, 3.05) is 6.61 Å². The molecule has 4 nitrogen and oxygen atoms in total. The lowest BCUT2D eigenvalue weighted by molar-refractivity contribution is -0.137. The van der Waals surface area contributed by atoms with Gasteiger partial charge in [0.1, 0.15) is 4.88 Å². The summed E-state index contributed by atoms with van der Waals surface area (Å²) in [6.45, 7) is 1.36. The second-order valence-corrected chi connectivity index (χ2v) is 5.90. The van der Waals surface area contributed by atoms with Gasteiger partial charge in [-0.25, -0.2) is 4.79 Å². The van der Waals surface area contributed by atoms with Gasteiger partial charge in [-0.1, -0.05) is 12.1 Å². The molecule has 1 aromatic heterocycles. The molecule has 0 aliphatic carbocycles. The van der Waals surface area contributed by atoms with E-state index in [0.717, 1.165) is 17.7 Å². The largest absolute Gasteiger partial charge is 0.451 e. The van der Waals surface area contributed by atoms with Crippen LogP contribution in [0.25, 0.3) is 0 Å². The van der Waals surface area contributed by atoms with Crippen molar-refractivity contribution >= 4 is 23.2 Å². The van der Waals surface area contributed by atoms with Crippen LogP contribution in [0.4, 0.5) is 13.2 Å². The van der Waals surface area contributed by atoms with Gasteiger partial charge in [0.25, 0.3) is 5.91 Å². The number of hydrogen-bond acceptors (Lipinski definition) is 4. The maximum absolute atomic E-state index is 12.4. The van der Waals surface area contributed by atoms with Crippen LogP contribution >= 0.6 is 11.3 Å². The number of amides is 1. The summed E-state index contributed by atoms with van der Waals surface area (Å²) in [5.74, 6) is -1.11. The predicted octanol–water partition coefficient (Wildman–Crippen LogP) is 3.55. The first kappa shape index (κ1) is 18.0. The van der Waals surface area contributed by atoms with E-state index >= 15 is 0 Å². The third-order valence-corrected chi connectivity index (χ3v) is 4.15. The van der Waals surface area contributed by atoms with Gasteiger partial charge in [0.15, 0.2) is 6.61 Å². The molecule has 2 rings (SSSR count). The second kappa shape index (κ2) is 7.48. The van der Waals surface area contributed by atoms with Crippen LogP contribution in [0.5, 0.6) is 0 Å². The number of alkyl halides is 3. The summed E-state index contributed by atoms with van der Waals surface area (Å²) in [6, 6.07) is 6.22. The van der Waals surface area contributed by atoms with E-state index in [9.17, 15) is 22.8 Å². The molecule has 0 fully saturated rings. The van der Waals surface area contributed by atoms with E-state index in [1.54, 1.807) is 18.4 Å². The third-order valence-electron chi connectivity index (χ3n) is 3.15. The number of nitrogens with one attached hydrogen (secondary N) is 1. The predicted molar refractivity (Wildman–Crippen MR) is 82.6 cm³/mol. The van der Waals surface area contributed by atoms with Crippen LogP contribution in [-0.2, 0) is 22.3 Å². The Hall–Kier alpha value is -2.35. The number of esters is 1. The summed E-state index contributed by atoms with van der Waals surface area (Å²) >= 11 is 1.22. The maximum Gasteiger partial charge on any atom is 0.416 e. The smallest absolute Gasteiger partial charge is 0.416 e. The molecular weight excluding hydrogens is 343 g/mol. The lowest BCUT2D eigenvalue weighted by Gasteiger charge is -2.09. The fourth-order valence-electron chi connectivity index (χ4n) is 1.84. The van der Waals surface area contributed by atoms with Gasteiger partial charge in [0.05, 0.1) is 5.56 Å². The fourth-order valence-corrected chi connectivity index (χ4v) is 2.66. The molecule has 2 aromatic rings. The minimum atomic E-state index is -4.39. The second-order valence-electron chi connectivity index (χ2n) is 4.98. The molecule has 0 saturated heterocycles. The molecule has 0 atom stereocenters. The zero-order valence-electron chi connectivity index (χ0n) is 12.6. The van der Waals surface area contributed by atoms with Crippen molar-refractivity contribution in [1.29, 1.82) is 0 Å². The number of aryl methyl sites for hydroxylation is 1. The summed E-state index contributed by atoms with van der Waals surface area (Å²) < 4.78 is 42.2. The SMILES string of the molecule is Cc1ccsc1C(=O)OCC(=O)NCc1ccc(C(F)(F)F)cc1. The number of thiophene rings is 1. The average Bonchev–Trinajstić information content (AvgIpc) is 2.96. The molecule has 8 heteroatoms. The van der Waals surface area contributed by atoms with Crippen molar-refractivity contribution in [3.05, 3.63) is 57.3 Å². The van der Waals surface area contributed by atoms with E-state index in [2.05, 4.69) is 5.32 Å². The molecule has 0 bridgehead atoms. The van der Waals surface area contributed by atoms with Gasteiger partial charge >= 0.3 is 12.1 Å². The first-order valence-electron chi connectivity index (χ1n) is 6.91. The zero-order chi connectivity index (χ0) is 17.7. The summed E-state index contributed by atoms with van der Waals surface area (Å²) in [5, 5.41) is 4.23. The summed E-state index contributed by atoms with van der Waals surface area (Å²) in [4.78, 5) is 23.8. The molecule has 1 aromatic carbocycles. The summed E-state index contributed by atoms with van der Waals surface area (Å²) in [5.41, 5.74) is 0.532. The Labute approximate surface area is 140 Å². The third kappa shape index (κ3) is 4.82. The van der Waals surface area contributed by atoms with Crippen LogP contribution in [-0.4, -0.2) is 18.5 Å². The molecule has 0 spiro atoms. The monoisotopic (exact) mass is 357 g/mol. The number of rotatable bonds is 5. The van der Waals surface area contributed by atoms with Gasteiger partial charge in [0, 0.05) is 6.54 Å². The van der Waals surface area contributed by atoms with Crippen LogP contribution in [0.2, 0.25) is 0 Å². The van der Waals surface area contributed by atoms with Crippen molar-refractivity contribution in [2.45, 2.75) is 19.6 Å². The van der Waals surface area contributed by atoms with E-state index in [1.165, 1.54) is 23.5 Å². The molecule has 24 heavy (non-hydrogen) atoms. The number of halogens is 3. The Morgan fingerprint density at radius 2 is 1.83 bits per heavy atom. The minimum Gasteiger partial charge on any atom is -0.451 e. The Morgan fingerprint density at radius 3 is 2.38 bits per heavy atom. The molecular formula is C16H14F3NO3S. The van der Waals surface area contributed by atoms with Gasteiger partial charge in [-0.3, -0.25) is 4.79 Å². The van der Waals surface area contributed by atoms with Gasteiger partial charge in [-0.15, -0.1) is 11.3 Å². The number of benzene rings is 1. The lowest BCUT2D eigenvalue weighted by Crippen LogP contribution is -2.28. The van der Waals surface area contributed by atoms with Gasteiger partial charge in [-0.05, 0) is 41.6 Å². The van der Waals surface area contributed by atoms with Crippen molar-refractivity contribution in [1.82, 2.24) is 5.32 Å². The van der Waals surface area contributed by atoms with Crippen molar-refractivity contribution in [3.63, 3.8) is 0 Å². The number of carbonyl (C=O) groups is 2. The molecule has 1 N–H and O–H groups in total. The quantitative estimate of drug-likeness (QED) is 0.833. The number of carbonyl (C=O) groups excluding carboxylic acids is 2. The highest BCUT2D eigenvalue weighted by atomic mass is 32.1. The molecule has 1 heterocycles.